The minimum absolute atomic E-state index is 0.685. The Hall–Kier alpha value is -0.419. The molecule has 0 aliphatic rings. The highest BCUT2D eigenvalue weighted by molar-refractivity contribution is 7.01. The van der Waals surface area contributed by atoms with Gasteiger partial charge in [0.1, 0.15) is 0 Å². The van der Waals surface area contributed by atoms with E-state index >= 15 is 0 Å². The largest absolute Gasteiger partial charge is 0.439 e. The summed E-state index contributed by atoms with van der Waals surface area (Å²) in [6, 6.07) is 22.3. The standard InChI is InChI=1S/C25H48O4Si6/c1-23(31(4)5)32(6)27-34(9,10)29-35(24-17-13-11-14-18-24,25-19-15-12-16-20-25)28-33(7,8)26-21-22-30(2)3/h11-20,23,30-32H,21-22H2,1-10H3. The molecule has 0 heterocycles. The molecule has 196 valence electrons. The van der Waals surface area contributed by atoms with Crippen LogP contribution in [0.15, 0.2) is 60.7 Å². The predicted octanol–water partition coefficient (Wildman–Crippen LogP) is 4.97. The average Bonchev–Trinajstić information content (AvgIpc) is 2.78. The Balaban J connectivity index is 2.53. The summed E-state index contributed by atoms with van der Waals surface area (Å²) in [4.78, 5) is 0. The van der Waals surface area contributed by atoms with E-state index in [0.717, 1.165) is 23.0 Å². The van der Waals surface area contributed by atoms with Gasteiger partial charge in [-0.1, -0.05) is 93.8 Å². The van der Waals surface area contributed by atoms with E-state index in [1.54, 1.807) is 0 Å². The van der Waals surface area contributed by atoms with Crippen molar-refractivity contribution in [2.24, 2.45) is 0 Å². The van der Waals surface area contributed by atoms with Crippen molar-refractivity contribution < 1.29 is 16.8 Å². The van der Waals surface area contributed by atoms with E-state index in [-0.39, 0.29) is 0 Å². The van der Waals surface area contributed by atoms with Gasteiger partial charge in [-0.15, -0.1) is 0 Å². The molecule has 4 nitrogen and oxygen atoms in total. The topological polar surface area (TPSA) is 36.9 Å². The zero-order valence-electron chi connectivity index (χ0n) is 23.6. The third-order valence-electron chi connectivity index (χ3n) is 6.49. The van der Waals surface area contributed by atoms with Crippen molar-refractivity contribution in [2.45, 2.75) is 77.1 Å². The van der Waals surface area contributed by atoms with Gasteiger partial charge in [-0.05, 0) is 54.3 Å². The molecule has 0 saturated carbocycles. The summed E-state index contributed by atoms with van der Waals surface area (Å²) >= 11 is 0. The molecule has 0 N–H and O–H groups in total. The molecule has 2 atom stereocenters. The van der Waals surface area contributed by atoms with Gasteiger partial charge in [0, 0.05) is 24.2 Å². The van der Waals surface area contributed by atoms with Gasteiger partial charge in [0.05, 0.1) is 0 Å². The quantitative estimate of drug-likeness (QED) is 0.296. The first-order valence-corrected chi connectivity index (χ1v) is 29.0. The molecule has 0 amide bonds. The molecule has 0 bridgehead atoms. The van der Waals surface area contributed by atoms with Crippen molar-refractivity contribution in [3.63, 3.8) is 0 Å². The van der Waals surface area contributed by atoms with E-state index in [2.05, 4.69) is 127 Å². The summed E-state index contributed by atoms with van der Waals surface area (Å²) in [7, 11) is -11.0. The van der Waals surface area contributed by atoms with Crippen LogP contribution in [0.2, 0.25) is 70.1 Å². The van der Waals surface area contributed by atoms with Crippen molar-refractivity contribution >= 4 is 62.7 Å². The summed E-state index contributed by atoms with van der Waals surface area (Å²) in [5.74, 6) is 0. The lowest BCUT2D eigenvalue weighted by Gasteiger charge is -2.43. The second-order valence-electron chi connectivity index (χ2n) is 11.3. The summed E-state index contributed by atoms with van der Waals surface area (Å²) in [5, 5.41) is 2.96. The van der Waals surface area contributed by atoms with Crippen molar-refractivity contribution in [1.29, 1.82) is 0 Å². The summed E-state index contributed by atoms with van der Waals surface area (Å²) in [5.41, 5.74) is 0. The monoisotopic (exact) mass is 580 g/mol. The highest BCUT2D eigenvalue weighted by Crippen LogP contribution is 2.26. The van der Waals surface area contributed by atoms with E-state index in [1.165, 1.54) is 0 Å². The highest BCUT2D eigenvalue weighted by atomic mass is 28.5. The predicted molar refractivity (Wildman–Crippen MR) is 167 cm³/mol. The van der Waals surface area contributed by atoms with Crippen molar-refractivity contribution in [3.05, 3.63) is 60.7 Å². The van der Waals surface area contributed by atoms with E-state index in [4.69, 9.17) is 16.8 Å². The van der Waals surface area contributed by atoms with E-state index in [1.807, 2.05) is 0 Å². The molecule has 10 heteroatoms. The van der Waals surface area contributed by atoms with Crippen LogP contribution < -0.4 is 10.4 Å². The second kappa shape index (κ2) is 13.4. The minimum Gasteiger partial charge on any atom is -0.439 e. The molecule has 2 aromatic rings. The number of hydrogen-bond acceptors (Lipinski definition) is 4. The lowest BCUT2D eigenvalue weighted by atomic mass is 10.4. The number of benzene rings is 2. The maximum atomic E-state index is 7.31. The normalized spacial score (nSPS) is 15.0. The van der Waals surface area contributed by atoms with Crippen LogP contribution in [0.4, 0.5) is 0 Å². The number of hydrogen-bond donors (Lipinski definition) is 0. The van der Waals surface area contributed by atoms with Crippen molar-refractivity contribution in [1.82, 2.24) is 0 Å². The van der Waals surface area contributed by atoms with Crippen LogP contribution in [0.3, 0.4) is 0 Å². The zero-order chi connectivity index (χ0) is 26.3. The maximum absolute atomic E-state index is 7.31. The Labute approximate surface area is 223 Å². The molecule has 0 fully saturated rings. The summed E-state index contributed by atoms with van der Waals surface area (Å²) in [6.45, 7) is 23.9. The van der Waals surface area contributed by atoms with Gasteiger partial charge < -0.3 is 16.8 Å². The van der Waals surface area contributed by atoms with Crippen LogP contribution in [-0.2, 0) is 16.8 Å². The fourth-order valence-corrected chi connectivity index (χ4v) is 25.5. The molecular formula is C25H48O4Si6. The first-order chi connectivity index (χ1) is 16.3. The second-order valence-corrected chi connectivity index (χ2v) is 32.3. The van der Waals surface area contributed by atoms with Gasteiger partial charge in [-0.25, -0.2) is 0 Å². The molecule has 2 rings (SSSR count). The average molecular weight is 581 g/mol. The molecule has 0 radical (unpaired) electrons. The van der Waals surface area contributed by atoms with Crippen LogP contribution in [0.1, 0.15) is 6.92 Å². The van der Waals surface area contributed by atoms with Crippen LogP contribution >= 0.6 is 0 Å². The van der Waals surface area contributed by atoms with Crippen LogP contribution in [0.25, 0.3) is 0 Å². The van der Waals surface area contributed by atoms with E-state index < -0.39 is 52.3 Å². The minimum atomic E-state index is -3.11. The first kappa shape index (κ1) is 30.8. The van der Waals surface area contributed by atoms with E-state index in [9.17, 15) is 0 Å². The van der Waals surface area contributed by atoms with Crippen LogP contribution in [0, 0.1) is 0 Å². The fraction of sp³-hybridized carbons (Fsp3) is 0.520. The highest BCUT2D eigenvalue weighted by Gasteiger charge is 2.52. The molecule has 2 aromatic carbocycles. The molecule has 0 saturated heterocycles. The lowest BCUT2D eigenvalue weighted by molar-refractivity contribution is 0.241. The fourth-order valence-electron chi connectivity index (χ4n) is 4.12. The maximum Gasteiger partial charge on any atom is 0.389 e. The van der Waals surface area contributed by atoms with Gasteiger partial charge >= 0.3 is 25.7 Å². The number of rotatable bonds is 14. The third-order valence-corrected chi connectivity index (χ3v) is 28.5. The van der Waals surface area contributed by atoms with Gasteiger partial charge in [0.15, 0.2) is 9.04 Å². The Morgan fingerprint density at radius 3 is 1.60 bits per heavy atom. The first-order valence-electron chi connectivity index (χ1n) is 13.1. The molecule has 35 heavy (non-hydrogen) atoms. The Kier molecular flexibility index (Phi) is 11.8. The molecule has 0 aromatic heterocycles. The summed E-state index contributed by atoms with van der Waals surface area (Å²) in [6.07, 6.45) is 0. The molecule has 0 spiro atoms. The molecular weight excluding hydrogens is 533 g/mol. The Morgan fingerprint density at radius 2 is 1.17 bits per heavy atom. The van der Waals surface area contributed by atoms with Gasteiger partial charge in [-0.2, -0.15) is 0 Å². The molecule has 0 aliphatic carbocycles. The summed E-state index contributed by atoms with van der Waals surface area (Å²) < 4.78 is 28.0. The Morgan fingerprint density at radius 1 is 0.714 bits per heavy atom. The van der Waals surface area contributed by atoms with Gasteiger partial charge in [0.2, 0.25) is 0 Å². The van der Waals surface area contributed by atoms with Crippen molar-refractivity contribution in [3.8, 4) is 0 Å². The van der Waals surface area contributed by atoms with Gasteiger partial charge in [0.25, 0.3) is 0 Å². The zero-order valence-corrected chi connectivity index (χ0v) is 30.1. The van der Waals surface area contributed by atoms with Gasteiger partial charge in [-0.3, -0.25) is 0 Å². The smallest absolute Gasteiger partial charge is 0.389 e. The molecule has 2 unspecified atom stereocenters. The SMILES string of the molecule is CC([SiH](C)C)[SiH](C)O[Si](C)(C)O[Si](O[Si](C)(C)OCC[SiH](C)C)(c1ccccc1)c1ccccc1. The van der Waals surface area contributed by atoms with Crippen LogP contribution in [-0.4, -0.2) is 58.9 Å². The van der Waals surface area contributed by atoms with E-state index in [0.29, 0.717) is 5.16 Å². The lowest BCUT2D eigenvalue weighted by Crippen LogP contribution is -2.71. The third kappa shape index (κ3) is 9.43. The van der Waals surface area contributed by atoms with Crippen LogP contribution in [0.5, 0.6) is 0 Å². The van der Waals surface area contributed by atoms with Crippen molar-refractivity contribution in [2.75, 3.05) is 6.61 Å². The molecule has 0 aliphatic heterocycles. The Bertz CT molecular complexity index is 841.